The maximum Gasteiger partial charge on any atom is 0.449 e. The van der Waals surface area contributed by atoms with Crippen LogP contribution in [-0.4, -0.2) is 22.3 Å². The van der Waals surface area contributed by atoms with Gasteiger partial charge >= 0.3 is 12.4 Å². The van der Waals surface area contributed by atoms with Crippen molar-refractivity contribution in [1.82, 2.24) is 14.9 Å². The highest BCUT2D eigenvalue weighted by molar-refractivity contribution is 5.27. The van der Waals surface area contributed by atoms with E-state index in [1.165, 1.54) is 0 Å². The number of rotatable bonds is 1. The van der Waals surface area contributed by atoms with Gasteiger partial charge in [0.05, 0.1) is 5.69 Å². The molecule has 2 heterocycles. The molecule has 9 heteroatoms. The first kappa shape index (κ1) is 13.7. The van der Waals surface area contributed by atoms with Gasteiger partial charge in [0, 0.05) is 25.2 Å². The zero-order valence-corrected chi connectivity index (χ0v) is 10.2. The van der Waals surface area contributed by atoms with Gasteiger partial charge in [0.15, 0.2) is 0 Å². The molecule has 0 spiro atoms. The minimum absolute atomic E-state index is 0.0610. The maximum atomic E-state index is 13.2. The van der Waals surface area contributed by atoms with E-state index in [1.54, 1.807) is 0 Å². The minimum atomic E-state index is -4.89. The van der Waals surface area contributed by atoms with Gasteiger partial charge in [-0.15, -0.1) is 0 Å². The van der Waals surface area contributed by atoms with Crippen LogP contribution in [0.1, 0.15) is 30.1 Å². The molecule has 0 bridgehead atoms. The molecule has 1 aliphatic heterocycles. The van der Waals surface area contributed by atoms with Gasteiger partial charge in [-0.1, -0.05) is 0 Å². The van der Waals surface area contributed by atoms with E-state index in [0.29, 0.717) is 11.1 Å². The fourth-order valence-corrected chi connectivity index (χ4v) is 2.71. The number of halogens is 6. The Balaban J connectivity index is 2.21. The van der Waals surface area contributed by atoms with Crippen molar-refractivity contribution in [3.05, 3.63) is 17.2 Å². The monoisotopic (exact) mass is 299 g/mol. The maximum absolute atomic E-state index is 13.2. The first-order valence-electron chi connectivity index (χ1n) is 6.12. The van der Waals surface area contributed by atoms with Gasteiger partial charge < -0.3 is 9.88 Å². The Morgan fingerprint density at radius 1 is 1.10 bits per heavy atom. The fraction of sp³-hybridized carbons (Fsp3) is 0.727. The molecule has 1 aromatic heterocycles. The van der Waals surface area contributed by atoms with Crippen LogP contribution >= 0.6 is 0 Å². The molecule has 0 radical (unpaired) electrons. The van der Waals surface area contributed by atoms with Crippen molar-refractivity contribution in [2.75, 3.05) is 6.54 Å². The first-order chi connectivity index (χ1) is 9.17. The summed E-state index contributed by atoms with van der Waals surface area (Å²) in [4.78, 5) is 3.42. The summed E-state index contributed by atoms with van der Waals surface area (Å²) in [5.41, 5.74) is -2.29. The highest BCUT2D eigenvalue weighted by Gasteiger charge is 2.67. The van der Waals surface area contributed by atoms with Gasteiger partial charge in [0.25, 0.3) is 0 Å². The summed E-state index contributed by atoms with van der Waals surface area (Å²) in [5.74, 6) is -1.43. The van der Waals surface area contributed by atoms with Crippen molar-refractivity contribution in [2.24, 2.45) is 0 Å². The normalized spacial score (nSPS) is 21.7. The molecule has 20 heavy (non-hydrogen) atoms. The van der Waals surface area contributed by atoms with Gasteiger partial charge in [-0.3, -0.25) is 0 Å². The van der Waals surface area contributed by atoms with Gasteiger partial charge in [-0.25, -0.2) is 4.98 Å². The van der Waals surface area contributed by atoms with Crippen molar-refractivity contribution in [3.8, 4) is 0 Å². The fourth-order valence-electron chi connectivity index (χ4n) is 2.71. The topological polar surface area (TPSA) is 29.9 Å². The molecule has 0 saturated heterocycles. The van der Waals surface area contributed by atoms with E-state index in [1.807, 2.05) is 0 Å². The van der Waals surface area contributed by atoms with Crippen LogP contribution in [0.5, 0.6) is 0 Å². The molecule has 2 aliphatic rings. The summed E-state index contributed by atoms with van der Waals surface area (Å²) in [6.45, 7) is 0.420. The number of nitrogens with zero attached hydrogens (tertiary/aromatic N) is 2. The highest BCUT2D eigenvalue weighted by Crippen LogP contribution is 2.57. The lowest BCUT2D eigenvalue weighted by molar-refractivity contribution is -0.190. The molecule has 1 fully saturated rings. The van der Waals surface area contributed by atoms with Gasteiger partial charge in [-0.2, -0.15) is 26.3 Å². The van der Waals surface area contributed by atoms with Crippen LogP contribution in [0.4, 0.5) is 26.3 Å². The molecule has 1 N–H and O–H groups in total. The third-order valence-electron chi connectivity index (χ3n) is 3.82. The van der Waals surface area contributed by atoms with E-state index in [4.69, 9.17) is 0 Å². The Hall–Kier alpha value is -1.25. The third-order valence-corrected chi connectivity index (χ3v) is 3.82. The zero-order chi connectivity index (χ0) is 14.8. The van der Waals surface area contributed by atoms with E-state index in [2.05, 4.69) is 10.3 Å². The summed E-state index contributed by atoms with van der Waals surface area (Å²) in [5, 5.41) is 2.82. The lowest BCUT2D eigenvalue weighted by atomic mass is 10.1. The molecule has 3 nitrogen and oxygen atoms in total. The molecule has 0 unspecified atom stereocenters. The predicted octanol–water partition coefficient (Wildman–Crippen LogP) is 2.60. The summed E-state index contributed by atoms with van der Waals surface area (Å²) in [6.07, 6.45) is -10.1. The van der Waals surface area contributed by atoms with Crippen LogP contribution in [0.15, 0.2) is 0 Å². The number of fused-ring (bicyclic) bond motifs is 1. The van der Waals surface area contributed by atoms with Crippen molar-refractivity contribution in [1.29, 1.82) is 0 Å². The molecule has 0 amide bonds. The smallest absolute Gasteiger partial charge is 0.311 e. The molecule has 1 aromatic rings. The minimum Gasteiger partial charge on any atom is -0.311 e. The lowest BCUT2D eigenvalue weighted by Crippen LogP contribution is -2.39. The van der Waals surface area contributed by atoms with Gasteiger partial charge in [0.1, 0.15) is 5.54 Å². The number of alkyl halides is 6. The van der Waals surface area contributed by atoms with Crippen LogP contribution in [0.25, 0.3) is 0 Å². The first-order valence-corrected chi connectivity index (χ1v) is 6.12. The molecule has 1 saturated carbocycles. The van der Waals surface area contributed by atoms with Gasteiger partial charge in [-0.05, 0) is 12.8 Å². The molecule has 3 rings (SSSR count). The van der Waals surface area contributed by atoms with E-state index >= 15 is 0 Å². The van der Waals surface area contributed by atoms with E-state index < -0.39 is 23.7 Å². The standard InChI is InChI=1S/C11H11F6N3/c12-10(13,14)8-19-6-5-18-4-1-7(6)20(8)9(2-3-9)11(15,16)17/h18H,1-5H2. The van der Waals surface area contributed by atoms with E-state index in [-0.39, 0.29) is 37.2 Å². The molecular formula is C11H11F6N3. The second-order valence-corrected chi connectivity index (χ2v) is 5.12. The number of nitrogens with one attached hydrogen (secondary N) is 1. The highest BCUT2D eigenvalue weighted by atomic mass is 19.4. The van der Waals surface area contributed by atoms with Crippen molar-refractivity contribution in [3.63, 3.8) is 0 Å². The zero-order valence-electron chi connectivity index (χ0n) is 10.2. The number of hydrogen-bond donors (Lipinski definition) is 1. The Morgan fingerprint density at radius 2 is 1.75 bits per heavy atom. The SMILES string of the molecule is FC(F)(F)c1nc2c(n1C1(C(F)(F)F)CC1)CCNC2. The second kappa shape index (κ2) is 3.90. The van der Waals surface area contributed by atoms with Gasteiger partial charge in [0.2, 0.25) is 5.82 Å². The predicted molar refractivity (Wildman–Crippen MR) is 55.9 cm³/mol. The Labute approximate surface area is 110 Å². The number of imidazole rings is 1. The lowest BCUT2D eigenvalue weighted by Gasteiger charge is -2.27. The van der Waals surface area contributed by atoms with Crippen LogP contribution in [0, 0.1) is 0 Å². The quantitative estimate of drug-likeness (QED) is 0.808. The van der Waals surface area contributed by atoms with E-state index in [0.717, 1.165) is 0 Å². The van der Waals surface area contributed by atoms with E-state index in [9.17, 15) is 26.3 Å². The molecule has 112 valence electrons. The Kier molecular flexibility index (Phi) is 2.67. The summed E-state index contributed by atoms with van der Waals surface area (Å²) in [6, 6.07) is 0. The average molecular weight is 299 g/mol. The second-order valence-electron chi connectivity index (χ2n) is 5.12. The Morgan fingerprint density at radius 3 is 2.25 bits per heavy atom. The van der Waals surface area contributed by atoms with Crippen LogP contribution in [0.3, 0.4) is 0 Å². The molecular weight excluding hydrogens is 288 g/mol. The van der Waals surface area contributed by atoms with Crippen LogP contribution in [-0.2, 0) is 24.7 Å². The molecule has 0 aromatic carbocycles. The van der Waals surface area contributed by atoms with Crippen molar-refractivity contribution in [2.45, 2.75) is 43.7 Å². The number of hydrogen-bond acceptors (Lipinski definition) is 2. The largest absolute Gasteiger partial charge is 0.449 e. The average Bonchev–Trinajstić information content (AvgIpc) is 3.02. The van der Waals surface area contributed by atoms with Crippen LogP contribution in [0.2, 0.25) is 0 Å². The van der Waals surface area contributed by atoms with Crippen molar-refractivity contribution >= 4 is 0 Å². The molecule has 0 atom stereocenters. The third kappa shape index (κ3) is 1.82. The summed E-state index contributed by atoms with van der Waals surface area (Å²) in [7, 11) is 0. The Bertz CT molecular complexity index is 538. The summed E-state index contributed by atoms with van der Waals surface area (Å²) >= 11 is 0. The van der Waals surface area contributed by atoms with Crippen molar-refractivity contribution < 1.29 is 26.3 Å². The van der Waals surface area contributed by atoms with Crippen LogP contribution < -0.4 is 5.32 Å². The summed E-state index contributed by atoms with van der Waals surface area (Å²) < 4.78 is 78.9. The molecule has 1 aliphatic carbocycles. The number of aromatic nitrogens is 2.